The van der Waals surface area contributed by atoms with Crippen molar-refractivity contribution in [3.8, 4) is 5.75 Å². The van der Waals surface area contributed by atoms with Gasteiger partial charge in [0.05, 0.1) is 19.3 Å². The number of nitrogens with zero attached hydrogens (tertiary/aromatic N) is 3. The number of carbonyl (C=O) groups is 1. The summed E-state index contributed by atoms with van der Waals surface area (Å²) in [6.45, 7) is 5.00. The van der Waals surface area contributed by atoms with Gasteiger partial charge in [-0.2, -0.15) is 5.10 Å². The van der Waals surface area contributed by atoms with E-state index in [4.69, 9.17) is 9.84 Å². The van der Waals surface area contributed by atoms with E-state index < -0.39 is 0 Å². The van der Waals surface area contributed by atoms with Gasteiger partial charge in [0, 0.05) is 37.7 Å². The highest BCUT2D eigenvalue weighted by Crippen LogP contribution is 2.26. The third kappa shape index (κ3) is 2.91. The van der Waals surface area contributed by atoms with Crippen LogP contribution < -0.4 is 10.1 Å². The monoisotopic (exact) mass is 340 g/mol. The summed E-state index contributed by atoms with van der Waals surface area (Å²) in [6, 6.07) is 8.37. The van der Waals surface area contributed by atoms with E-state index in [1.807, 2.05) is 33.8 Å². The lowest BCUT2D eigenvalue weighted by Gasteiger charge is -2.29. The maximum absolute atomic E-state index is 13.0. The standard InChI is InChI=1S/C19H24N4O2/c1-3-14-10-17-16(11-20-14)18-19(24)22(8-9-23(18)21-17)12-13-4-6-15(25-2)7-5-13/h4-7,14,20H,3,8-12H2,1-2H3. The van der Waals surface area contributed by atoms with E-state index in [1.165, 1.54) is 0 Å². The maximum atomic E-state index is 13.0. The van der Waals surface area contributed by atoms with Crippen molar-refractivity contribution in [3.63, 3.8) is 0 Å². The molecule has 6 nitrogen and oxygen atoms in total. The normalized spacial score (nSPS) is 19.5. The summed E-state index contributed by atoms with van der Waals surface area (Å²) >= 11 is 0. The van der Waals surface area contributed by atoms with Gasteiger partial charge in [-0.15, -0.1) is 0 Å². The van der Waals surface area contributed by atoms with Crippen LogP contribution in [0.4, 0.5) is 0 Å². The molecular weight excluding hydrogens is 316 g/mol. The fourth-order valence-corrected chi connectivity index (χ4v) is 3.71. The van der Waals surface area contributed by atoms with Gasteiger partial charge in [-0.1, -0.05) is 19.1 Å². The fraction of sp³-hybridized carbons (Fsp3) is 0.474. The van der Waals surface area contributed by atoms with E-state index in [0.29, 0.717) is 19.1 Å². The molecule has 1 aromatic heterocycles. The van der Waals surface area contributed by atoms with Gasteiger partial charge in [0.15, 0.2) is 0 Å². The summed E-state index contributed by atoms with van der Waals surface area (Å²) in [5, 5.41) is 8.24. The first-order valence-corrected chi connectivity index (χ1v) is 8.93. The molecule has 2 aliphatic rings. The lowest BCUT2D eigenvalue weighted by molar-refractivity contribution is 0.0682. The number of rotatable bonds is 4. The molecule has 0 aliphatic carbocycles. The van der Waals surface area contributed by atoms with Crippen LogP contribution in [0.25, 0.3) is 0 Å². The molecule has 0 bridgehead atoms. The van der Waals surface area contributed by atoms with Crippen LogP contribution in [0.1, 0.15) is 40.7 Å². The lowest BCUT2D eigenvalue weighted by Crippen LogP contribution is -2.41. The summed E-state index contributed by atoms with van der Waals surface area (Å²) in [7, 11) is 1.66. The number of fused-ring (bicyclic) bond motifs is 3. The summed E-state index contributed by atoms with van der Waals surface area (Å²) in [6.07, 6.45) is 2.00. The zero-order chi connectivity index (χ0) is 17.4. The van der Waals surface area contributed by atoms with Crippen LogP contribution in [-0.4, -0.2) is 40.3 Å². The quantitative estimate of drug-likeness (QED) is 0.924. The summed E-state index contributed by atoms with van der Waals surface area (Å²) < 4.78 is 7.11. The SMILES string of the molecule is CCC1Cc2nn3c(c2CN1)C(=O)N(Cc1ccc(OC)cc1)CC3. The number of nitrogens with one attached hydrogen (secondary N) is 1. The van der Waals surface area contributed by atoms with Crippen molar-refractivity contribution in [2.45, 2.75) is 45.4 Å². The van der Waals surface area contributed by atoms with Gasteiger partial charge in [-0.05, 0) is 24.1 Å². The van der Waals surface area contributed by atoms with Gasteiger partial charge in [-0.3, -0.25) is 9.48 Å². The second-order valence-electron chi connectivity index (χ2n) is 6.76. The molecule has 6 heteroatoms. The minimum absolute atomic E-state index is 0.0903. The van der Waals surface area contributed by atoms with Gasteiger partial charge in [0.25, 0.3) is 5.91 Å². The number of hydrogen-bond acceptors (Lipinski definition) is 4. The predicted molar refractivity (Wildman–Crippen MR) is 94.6 cm³/mol. The summed E-state index contributed by atoms with van der Waals surface area (Å²) in [4.78, 5) is 15.0. The molecular formula is C19H24N4O2. The number of hydrogen-bond donors (Lipinski definition) is 1. The smallest absolute Gasteiger partial charge is 0.272 e. The van der Waals surface area contributed by atoms with Crippen molar-refractivity contribution in [1.82, 2.24) is 20.0 Å². The average Bonchev–Trinajstić information content (AvgIpc) is 3.02. The van der Waals surface area contributed by atoms with Crippen LogP contribution in [-0.2, 0) is 26.1 Å². The Hall–Kier alpha value is -2.34. The first-order valence-electron chi connectivity index (χ1n) is 8.93. The van der Waals surface area contributed by atoms with Gasteiger partial charge >= 0.3 is 0 Å². The summed E-state index contributed by atoms with van der Waals surface area (Å²) in [5.74, 6) is 0.921. The van der Waals surface area contributed by atoms with Crippen LogP contribution in [0, 0.1) is 0 Å². The van der Waals surface area contributed by atoms with Gasteiger partial charge in [-0.25, -0.2) is 0 Å². The minimum atomic E-state index is 0.0903. The molecule has 132 valence electrons. The Morgan fingerprint density at radius 3 is 2.80 bits per heavy atom. The molecule has 25 heavy (non-hydrogen) atoms. The molecule has 0 fully saturated rings. The first kappa shape index (κ1) is 16.1. The molecule has 0 saturated carbocycles. The largest absolute Gasteiger partial charge is 0.497 e. The van der Waals surface area contributed by atoms with Gasteiger partial charge < -0.3 is 15.0 Å². The molecule has 2 aromatic rings. The average molecular weight is 340 g/mol. The molecule has 0 radical (unpaired) electrons. The number of aromatic nitrogens is 2. The highest BCUT2D eigenvalue weighted by molar-refractivity contribution is 5.95. The topological polar surface area (TPSA) is 59.4 Å². The molecule has 1 amide bonds. The molecule has 1 atom stereocenters. The van der Waals surface area contributed by atoms with Crippen LogP contribution in [0.2, 0.25) is 0 Å². The van der Waals surface area contributed by atoms with Crippen LogP contribution in [0.5, 0.6) is 5.75 Å². The Kier molecular flexibility index (Phi) is 4.21. The van der Waals surface area contributed by atoms with E-state index in [2.05, 4.69) is 12.2 Å². The minimum Gasteiger partial charge on any atom is -0.497 e. The Morgan fingerprint density at radius 2 is 2.08 bits per heavy atom. The Morgan fingerprint density at radius 1 is 1.28 bits per heavy atom. The Bertz CT molecular complexity index is 781. The number of ether oxygens (including phenoxy) is 1. The van der Waals surface area contributed by atoms with Gasteiger partial charge in [0.2, 0.25) is 0 Å². The van der Waals surface area contributed by atoms with Crippen molar-refractivity contribution in [1.29, 1.82) is 0 Å². The number of carbonyl (C=O) groups excluding carboxylic acids is 1. The molecule has 0 spiro atoms. The third-order valence-corrected chi connectivity index (χ3v) is 5.24. The fourth-order valence-electron chi connectivity index (χ4n) is 3.71. The molecule has 0 saturated heterocycles. The molecule has 4 rings (SSSR count). The number of methoxy groups -OCH3 is 1. The molecule has 3 heterocycles. The first-order chi connectivity index (χ1) is 12.2. The van der Waals surface area contributed by atoms with E-state index in [0.717, 1.165) is 54.2 Å². The molecule has 1 unspecified atom stereocenters. The second kappa shape index (κ2) is 6.52. The number of benzene rings is 1. The van der Waals surface area contributed by atoms with Crippen molar-refractivity contribution >= 4 is 5.91 Å². The van der Waals surface area contributed by atoms with E-state index in [1.54, 1.807) is 7.11 Å². The molecule has 2 aliphatic heterocycles. The molecule has 1 N–H and O–H groups in total. The second-order valence-corrected chi connectivity index (χ2v) is 6.76. The Balaban J connectivity index is 1.55. The maximum Gasteiger partial charge on any atom is 0.272 e. The lowest BCUT2D eigenvalue weighted by atomic mass is 9.98. The van der Waals surface area contributed by atoms with Gasteiger partial charge in [0.1, 0.15) is 11.4 Å². The highest BCUT2D eigenvalue weighted by Gasteiger charge is 2.33. The van der Waals surface area contributed by atoms with Crippen LogP contribution in [0.3, 0.4) is 0 Å². The van der Waals surface area contributed by atoms with E-state index >= 15 is 0 Å². The highest BCUT2D eigenvalue weighted by atomic mass is 16.5. The third-order valence-electron chi connectivity index (χ3n) is 5.24. The molecule has 1 aromatic carbocycles. The summed E-state index contributed by atoms with van der Waals surface area (Å²) in [5.41, 5.74) is 4.08. The predicted octanol–water partition coefficient (Wildman–Crippen LogP) is 1.97. The van der Waals surface area contributed by atoms with Crippen molar-refractivity contribution in [2.75, 3.05) is 13.7 Å². The zero-order valence-corrected chi connectivity index (χ0v) is 14.8. The van der Waals surface area contributed by atoms with Crippen LogP contribution >= 0.6 is 0 Å². The zero-order valence-electron chi connectivity index (χ0n) is 14.8. The van der Waals surface area contributed by atoms with Crippen molar-refractivity contribution in [2.24, 2.45) is 0 Å². The van der Waals surface area contributed by atoms with Crippen LogP contribution in [0.15, 0.2) is 24.3 Å². The Labute approximate surface area is 147 Å². The van der Waals surface area contributed by atoms with E-state index in [9.17, 15) is 4.79 Å². The van der Waals surface area contributed by atoms with Crippen molar-refractivity contribution < 1.29 is 9.53 Å². The van der Waals surface area contributed by atoms with Crippen molar-refractivity contribution in [3.05, 3.63) is 46.8 Å². The number of amides is 1. The van der Waals surface area contributed by atoms with E-state index in [-0.39, 0.29) is 5.91 Å².